The number of aromatic nitrogens is 2. The van der Waals surface area contributed by atoms with E-state index in [2.05, 4.69) is 16.9 Å². The molecular weight excluding hydrogens is 401 g/mol. The molecule has 2 aromatic carbocycles. The molecule has 0 amide bonds. The quantitative estimate of drug-likeness (QED) is 0.624. The number of hydrogen-bond acceptors (Lipinski definition) is 3. The van der Waals surface area contributed by atoms with Crippen molar-refractivity contribution in [3.8, 4) is 0 Å². The molecule has 2 heterocycles. The summed E-state index contributed by atoms with van der Waals surface area (Å²) in [5.74, 6) is 0.592. The maximum atomic E-state index is 13.7. The summed E-state index contributed by atoms with van der Waals surface area (Å²) >= 11 is 0. The van der Waals surface area contributed by atoms with Crippen molar-refractivity contribution in [1.29, 1.82) is 0 Å². The average Bonchev–Trinajstić information content (AvgIpc) is 3.39. The highest BCUT2D eigenvalue weighted by atomic mass is 32.2. The van der Waals surface area contributed by atoms with Gasteiger partial charge in [0.2, 0.25) is 10.0 Å². The van der Waals surface area contributed by atoms with E-state index in [-0.39, 0.29) is 28.7 Å². The molecule has 1 aromatic heterocycles. The third-order valence-corrected chi connectivity index (χ3v) is 7.90. The fraction of sp³-hybridized carbons (Fsp3) is 0.348. The molecule has 0 spiro atoms. The number of nitrogens with zero attached hydrogens (tertiary/aromatic N) is 2. The van der Waals surface area contributed by atoms with Gasteiger partial charge in [0.15, 0.2) is 0 Å². The highest BCUT2D eigenvalue weighted by molar-refractivity contribution is 7.89. The van der Waals surface area contributed by atoms with E-state index in [4.69, 9.17) is 0 Å². The fourth-order valence-corrected chi connectivity index (χ4v) is 6.33. The first-order chi connectivity index (χ1) is 14.4. The van der Waals surface area contributed by atoms with Crippen molar-refractivity contribution in [2.24, 2.45) is 5.92 Å². The molecule has 1 aliphatic heterocycles. The van der Waals surface area contributed by atoms with E-state index >= 15 is 0 Å². The smallest absolute Gasteiger partial charge is 0.243 e. The maximum absolute atomic E-state index is 13.7. The van der Waals surface area contributed by atoms with E-state index in [0.29, 0.717) is 12.8 Å². The van der Waals surface area contributed by atoms with Gasteiger partial charge in [-0.25, -0.2) is 17.8 Å². The van der Waals surface area contributed by atoms with Crippen molar-refractivity contribution < 1.29 is 12.8 Å². The Morgan fingerprint density at radius 1 is 1.13 bits per heavy atom. The van der Waals surface area contributed by atoms with Crippen molar-refractivity contribution in [1.82, 2.24) is 14.3 Å². The first kappa shape index (κ1) is 20.8. The monoisotopic (exact) mass is 427 g/mol. The van der Waals surface area contributed by atoms with Crippen LogP contribution in [-0.2, 0) is 16.4 Å². The molecule has 1 saturated heterocycles. The van der Waals surface area contributed by atoms with Crippen LogP contribution in [0, 0.1) is 18.7 Å². The maximum Gasteiger partial charge on any atom is 0.243 e. The number of halogens is 1. The van der Waals surface area contributed by atoms with Gasteiger partial charge in [-0.2, -0.15) is 4.31 Å². The topological polar surface area (TPSA) is 66.1 Å². The Labute approximate surface area is 177 Å². The molecule has 1 aliphatic rings. The normalized spacial score (nSPS) is 21.0. The highest BCUT2D eigenvalue weighted by Crippen LogP contribution is 2.43. The second-order valence-electron chi connectivity index (χ2n) is 8.08. The molecule has 3 unspecified atom stereocenters. The number of benzene rings is 2. The van der Waals surface area contributed by atoms with Crippen LogP contribution in [-0.4, -0.2) is 28.7 Å². The fourth-order valence-electron chi connectivity index (χ4n) is 4.38. The van der Waals surface area contributed by atoms with Gasteiger partial charge in [0.1, 0.15) is 11.6 Å². The van der Waals surface area contributed by atoms with Crippen LogP contribution in [0.3, 0.4) is 0 Å². The van der Waals surface area contributed by atoms with Gasteiger partial charge in [-0.15, -0.1) is 0 Å². The standard InChI is InChI=1S/C23H26FN3O2S/c1-16-3-9-20(10-4-16)30(28,29)27-21(17(2)15-23-25-13-14-26-23)11-12-22(27)18-5-7-19(24)8-6-18/h3-10,13-14,17,21-22H,11-12,15H2,1-2H3,(H,25,26). The minimum Gasteiger partial charge on any atom is -0.349 e. The van der Waals surface area contributed by atoms with Gasteiger partial charge in [0.25, 0.3) is 0 Å². The Hall–Kier alpha value is -2.51. The molecule has 0 radical (unpaired) electrons. The van der Waals surface area contributed by atoms with Crippen LogP contribution in [0.5, 0.6) is 0 Å². The lowest BCUT2D eigenvalue weighted by atomic mass is 9.96. The highest BCUT2D eigenvalue weighted by Gasteiger charge is 2.45. The van der Waals surface area contributed by atoms with E-state index in [1.807, 2.05) is 19.1 Å². The van der Waals surface area contributed by atoms with Crippen LogP contribution in [0.1, 0.15) is 42.8 Å². The summed E-state index contributed by atoms with van der Waals surface area (Å²) in [6, 6.07) is 12.6. The Kier molecular flexibility index (Phi) is 5.75. The Morgan fingerprint density at radius 2 is 1.83 bits per heavy atom. The minimum atomic E-state index is -3.73. The van der Waals surface area contributed by atoms with Crippen LogP contribution < -0.4 is 0 Å². The molecule has 3 aromatic rings. The van der Waals surface area contributed by atoms with E-state index in [1.54, 1.807) is 41.0 Å². The first-order valence-electron chi connectivity index (χ1n) is 10.2. The van der Waals surface area contributed by atoms with E-state index in [9.17, 15) is 12.8 Å². The third kappa shape index (κ3) is 4.04. The second kappa shape index (κ2) is 8.32. The van der Waals surface area contributed by atoms with Gasteiger partial charge in [-0.1, -0.05) is 36.8 Å². The van der Waals surface area contributed by atoms with Crippen LogP contribution in [0.4, 0.5) is 4.39 Å². The Balaban J connectivity index is 1.72. The molecule has 3 atom stereocenters. The van der Waals surface area contributed by atoms with Crippen molar-refractivity contribution in [2.45, 2.75) is 50.1 Å². The van der Waals surface area contributed by atoms with Crippen LogP contribution in [0.15, 0.2) is 65.8 Å². The molecular formula is C23H26FN3O2S. The number of nitrogens with one attached hydrogen (secondary N) is 1. The Bertz CT molecular complexity index is 1080. The van der Waals surface area contributed by atoms with Gasteiger partial charge < -0.3 is 4.98 Å². The molecule has 158 valence electrons. The predicted molar refractivity (Wildman–Crippen MR) is 114 cm³/mol. The largest absolute Gasteiger partial charge is 0.349 e. The minimum absolute atomic E-state index is 0.0711. The lowest BCUT2D eigenvalue weighted by molar-refractivity contribution is 0.258. The van der Waals surface area contributed by atoms with Crippen LogP contribution in [0.25, 0.3) is 0 Å². The number of H-pyrrole nitrogens is 1. The molecule has 1 fully saturated rings. The molecule has 0 saturated carbocycles. The number of rotatable bonds is 6. The summed E-state index contributed by atoms with van der Waals surface area (Å²) < 4.78 is 42.6. The SMILES string of the molecule is Cc1ccc(S(=O)(=O)N2C(c3ccc(F)cc3)CCC2C(C)Cc2ncc[nH]2)cc1. The van der Waals surface area contributed by atoms with E-state index < -0.39 is 10.0 Å². The summed E-state index contributed by atoms with van der Waals surface area (Å²) in [4.78, 5) is 7.70. The van der Waals surface area contributed by atoms with Gasteiger partial charge in [-0.05, 0) is 55.5 Å². The van der Waals surface area contributed by atoms with Gasteiger partial charge >= 0.3 is 0 Å². The average molecular weight is 428 g/mol. The summed E-state index contributed by atoms with van der Waals surface area (Å²) in [7, 11) is -3.73. The number of aryl methyl sites for hydroxylation is 1. The van der Waals surface area contributed by atoms with Crippen LogP contribution in [0.2, 0.25) is 0 Å². The zero-order valence-corrected chi connectivity index (χ0v) is 17.9. The molecule has 0 bridgehead atoms. The van der Waals surface area contributed by atoms with Crippen LogP contribution >= 0.6 is 0 Å². The number of sulfonamides is 1. The van der Waals surface area contributed by atoms with Gasteiger partial charge in [0.05, 0.1) is 10.9 Å². The van der Waals surface area contributed by atoms with Crippen molar-refractivity contribution >= 4 is 10.0 Å². The lowest BCUT2D eigenvalue weighted by Gasteiger charge is -2.33. The third-order valence-electron chi connectivity index (χ3n) is 5.95. The van der Waals surface area contributed by atoms with E-state index in [0.717, 1.165) is 23.4 Å². The number of aromatic amines is 1. The van der Waals surface area contributed by atoms with Gasteiger partial charge in [-0.3, -0.25) is 0 Å². The first-order valence-corrected chi connectivity index (χ1v) is 11.6. The summed E-state index contributed by atoms with van der Waals surface area (Å²) in [6.07, 6.45) is 5.59. The molecule has 1 N–H and O–H groups in total. The molecule has 4 rings (SSSR count). The molecule has 0 aliphatic carbocycles. The summed E-state index contributed by atoms with van der Waals surface area (Å²) in [5, 5.41) is 0. The second-order valence-corrected chi connectivity index (χ2v) is 9.92. The Morgan fingerprint density at radius 3 is 2.47 bits per heavy atom. The van der Waals surface area contributed by atoms with Crippen molar-refractivity contribution in [3.05, 3.63) is 83.7 Å². The van der Waals surface area contributed by atoms with E-state index in [1.165, 1.54) is 12.1 Å². The lowest BCUT2D eigenvalue weighted by Crippen LogP contribution is -2.41. The van der Waals surface area contributed by atoms with Crippen molar-refractivity contribution in [3.63, 3.8) is 0 Å². The number of imidazole rings is 1. The molecule has 5 nitrogen and oxygen atoms in total. The summed E-state index contributed by atoms with van der Waals surface area (Å²) in [5.41, 5.74) is 1.83. The zero-order chi connectivity index (χ0) is 21.3. The number of hydrogen-bond donors (Lipinski definition) is 1. The van der Waals surface area contributed by atoms with Gasteiger partial charge in [0, 0.05) is 24.9 Å². The summed E-state index contributed by atoms with van der Waals surface area (Å²) in [6.45, 7) is 4.00. The molecule has 30 heavy (non-hydrogen) atoms. The molecule has 7 heteroatoms. The zero-order valence-electron chi connectivity index (χ0n) is 17.1. The predicted octanol–water partition coefficient (Wildman–Crippen LogP) is 4.63. The van der Waals surface area contributed by atoms with Crippen molar-refractivity contribution in [2.75, 3.05) is 0 Å².